The van der Waals surface area contributed by atoms with Gasteiger partial charge in [-0.3, -0.25) is 4.98 Å². The number of rotatable bonds is 12. The number of aromatic nitrogens is 5. The minimum atomic E-state index is -0.145. The van der Waals surface area contributed by atoms with Gasteiger partial charge in [0.25, 0.3) is 0 Å². The van der Waals surface area contributed by atoms with Crippen molar-refractivity contribution in [1.29, 1.82) is 0 Å². The van der Waals surface area contributed by atoms with E-state index in [0.717, 1.165) is 63.2 Å². The smallest absolute Gasteiger partial charge is 0.216 e. The van der Waals surface area contributed by atoms with E-state index in [4.69, 9.17) is 22.7 Å². The van der Waals surface area contributed by atoms with E-state index in [2.05, 4.69) is 438 Å². The quantitative estimate of drug-likeness (QED) is 0.114. The molecule has 0 amide bonds. The molecule has 1 fully saturated rings. The highest BCUT2D eigenvalue weighted by Gasteiger charge is 2.49. The van der Waals surface area contributed by atoms with Crippen LogP contribution in [0.4, 0.5) is 0 Å². The van der Waals surface area contributed by atoms with Crippen molar-refractivity contribution in [1.82, 2.24) is 4.98 Å². The molecule has 9 aromatic heterocycles. The highest BCUT2D eigenvalue weighted by atomic mass is 16.3. The fraction of sp³-hybridized carbons (Fsp3) is 0.326. The van der Waals surface area contributed by atoms with E-state index >= 15 is 0 Å². The van der Waals surface area contributed by atoms with Crippen LogP contribution < -0.4 is 18.3 Å². The normalized spacial score (nSPS) is 14.7. The molecule has 5 aliphatic rings. The molecule has 726 valence electrons. The van der Waals surface area contributed by atoms with Crippen molar-refractivity contribution in [3.8, 4) is 89.5 Å². The molecule has 9 nitrogen and oxygen atoms in total. The van der Waals surface area contributed by atoms with E-state index in [1.54, 1.807) is 0 Å². The van der Waals surface area contributed by atoms with Crippen LogP contribution >= 0.6 is 0 Å². The molecule has 144 heavy (non-hydrogen) atoms. The molecule has 9 heterocycles. The number of pyridine rings is 5. The van der Waals surface area contributed by atoms with Gasteiger partial charge in [-0.2, -0.15) is 0 Å². The fourth-order valence-corrected chi connectivity index (χ4v) is 27.4. The molecule has 1 saturated carbocycles. The summed E-state index contributed by atoms with van der Waals surface area (Å²) in [6, 6.07) is 77.0. The topological polar surface area (TPSA) is 81.0 Å². The molecule has 0 unspecified atom stereocenters. The van der Waals surface area contributed by atoms with Crippen LogP contribution in [-0.2, 0) is 49.9 Å². The van der Waals surface area contributed by atoms with Crippen molar-refractivity contribution in [2.24, 2.45) is 40.0 Å². The molecule has 0 bridgehead atoms. The lowest BCUT2D eigenvalue weighted by molar-refractivity contribution is -0.661. The zero-order valence-electron chi connectivity index (χ0n) is 90.1. The molecule has 0 saturated heterocycles. The number of hydrogen-bond acceptors (Lipinski definition) is 5. The van der Waals surface area contributed by atoms with Crippen molar-refractivity contribution in [2.75, 3.05) is 0 Å². The Morgan fingerprint density at radius 1 is 0.285 bits per heavy atom. The van der Waals surface area contributed by atoms with Gasteiger partial charge in [0.1, 0.15) is 72.9 Å². The first-order valence-electron chi connectivity index (χ1n) is 53.1. The van der Waals surface area contributed by atoms with Gasteiger partial charge >= 0.3 is 0 Å². The summed E-state index contributed by atoms with van der Waals surface area (Å²) in [6.45, 7) is 54.5. The van der Waals surface area contributed by atoms with Crippen LogP contribution in [-0.4, -0.2) is 4.98 Å². The standard InChI is InChI=1S/C38H44NO.C34H34NO.C32H32NO.C31H31N2O/c1-22(2)19-38(20-23(3)4)30-13-11-10-12-27(30)35-31(38)16-17-33-36(35)28-15-14-25(7)34(37(28)40-33)32-18-26(8)29(24(5)6)21-39(32)9;1-20(2)25-19-35(5)28(18-22(25)4)30-21(3)12-13-24-32-29(36-33(24)30)15-14-27-31(32)23-10-6-7-11-26(23)34(27)16-8-9-17-34;1-18(2)23-17-33(7)26(16-20(23)4)28-19(3)12-13-22-30-27(34-31(22)28)15-14-25-29(30)21-10-8-9-11-24(21)32(25,5)6;1-17(2)23-16-33(7)25(15-19(23)4)26-18(3)10-11-20-21-12-13-24-27(29(21)34-28(20)26)22-9-8-14-32-30(22)31(24,5)6/h10-18,21-24H,19-20H2,1-9H3;6-7,10-15,18-20H,8-9,16-17H2,1-5H3;8-18H,1-7H3;8-17H,1-7H3/q4*+1. The second-order valence-corrected chi connectivity index (χ2v) is 46.5. The van der Waals surface area contributed by atoms with E-state index in [-0.39, 0.29) is 21.7 Å². The Labute approximate surface area is 851 Å². The Morgan fingerprint density at radius 2 is 0.597 bits per heavy atom. The Morgan fingerprint density at radius 3 is 1.01 bits per heavy atom. The highest BCUT2D eigenvalue weighted by Crippen LogP contribution is 2.63. The molecule has 11 aromatic carbocycles. The van der Waals surface area contributed by atoms with Crippen molar-refractivity contribution >= 4 is 87.8 Å². The summed E-state index contributed by atoms with van der Waals surface area (Å²) >= 11 is 0. The first-order valence-corrected chi connectivity index (χ1v) is 53.1. The maximum atomic E-state index is 6.85. The van der Waals surface area contributed by atoms with Crippen LogP contribution in [0.1, 0.15) is 284 Å². The summed E-state index contributed by atoms with van der Waals surface area (Å²) in [6.07, 6.45) is 18.5. The van der Waals surface area contributed by atoms with Crippen molar-refractivity contribution in [3.05, 3.63) is 349 Å². The summed E-state index contributed by atoms with van der Waals surface area (Å²) in [5.41, 5.74) is 55.1. The molecule has 0 atom stereocenters. The second-order valence-electron chi connectivity index (χ2n) is 46.5. The summed E-state index contributed by atoms with van der Waals surface area (Å²) in [4.78, 5) is 4.77. The molecule has 25 rings (SSSR count). The Bertz CT molecular complexity index is 8660. The van der Waals surface area contributed by atoms with Crippen LogP contribution in [0.5, 0.6) is 0 Å². The molecule has 9 heteroatoms. The van der Waals surface area contributed by atoms with Gasteiger partial charge in [-0.25, -0.2) is 18.3 Å². The zero-order valence-corrected chi connectivity index (χ0v) is 90.1. The lowest BCUT2D eigenvalue weighted by Gasteiger charge is -2.35. The number of hydrogen-bond donors (Lipinski definition) is 0. The van der Waals surface area contributed by atoms with Gasteiger partial charge in [0.15, 0.2) is 24.8 Å². The van der Waals surface area contributed by atoms with Crippen LogP contribution in [0.3, 0.4) is 0 Å². The van der Waals surface area contributed by atoms with E-state index < -0.39 is 0 Å². The van der Waals surface area contributed by atoms with Gasteiger partial charge in [-0.1, -0.05) is 281 Å². The van der Waals surface area contributed by atoms with Crippen LogP contribution in [0.15, 0.2) is 255 Å². The predicted octanol–water partition coefficient (Wildman–Crippen LogP) is 34.5. The Kier molecular flexibility index (Phi) is 23.2. The number of benzene rings is 11. The van der Waals surface area contributed by atoms with Gasteiger partial charge in [0.05, 0.1) is 27.9 Å². The van der Waals surface area contributed by atoms with Gasteiger partial charge in [0, 0.05) is 129 Å². The second kappa shape index (κ2) is 35.1. The SMILES string of the molecule is Cc1cc(-c2c(C)ccc3c2oc2c4c(ccc23)C(C)(C)c2ncccc2-4)[n+](C)cc1C(C)C.Cc1cc(-c2c(C)ccc3c2oc2ccc4c(c23)-c2ccccc2C4(C)C)[n+](C)cc1C(C)C.Cc1cc(-c2c(C)ccc3c2oc2ccc4c(c23)-c2ccccc2C4(CC(C)C)CC(C)C)[n+](C)cc1C(C)C.Cc1cc(-c2c(C)ccc3c2oc2ccc4c(c23)-c2ccccc2C42CCCC2)[n+](C)cc1C(C)C. The molecular weight excluding hydrogens is 1760 g/mol. The van der Waals surface area contributed by atoms with E-state index in [9.17, 15) is 0 Å². The van der Waals surface area contributed by atoms with Crippen LogP contribution in [0.2, 0.25) is 0 Å². The van der Waals surface area contributed by atoms with Gasteiger partial charge in [0.2, 0.25) is 22.8 Å². The maximum absolute atomic E-state index is 6.85. The van der Waals surface area contributed by atoms with E-state index in [1.807, 2.05) is 12.3 Å². The number of furan rings is 4. The van der Waals surface area contributed by atoms with E-state index in [1.165, 1.54) is 264 Å². The minimum absolute atomic E-state index is 0.0204. The average Bonchev–Trinajstić information content (AvgIpc) is 1.54. The lowest BCUT2D eigenvalue weighted by atomic mass is 9.68. The molecule has 0 aliphatic heterocycles. The summed E-state index contributed by atoms with van der Waals surface area (Å²) in [7, 11) is 8.63. The first kappa shape index (κ1) is 95.2. The molecule has 0 N–H and O–H groups in total. The van der Waals surface area contributed by atoms with Gasteiger partial charge in [-0.15, -0.1) is 0 Å². The van der Waals surface area contributed by atoms with Crippen molar-refractivity contribution < 1.29 is 35.9 Å². The Hall–Kier alpha value is -13.6. The molecule has 1 spiro atoms. The monoisotopic (exact) mass is 1900 g/mol. The molecule has 5 aliphatic carbocycles. The van der Waals surface area contributed by atoms with E-state index in [0.29, 0.717) is 35.5 Å². The zero-order chi connectivity index (χ0) is 101. The van der Waals surface area contributed by atoms with Crippen LogP contribution in [0.25, 0.3) is 177 Å². The van der Waals surface area contributed by atoms with Gasteiger partial charge in [-0.05, 0) is 258 Å². The number of fused-ring (bicyclic) bond motifs is 30. The minimum Gasteiger partial charge on any atom is -0.455 e. The third-order valence-electron chi connectivity index (χ3n) is 34.0. The largest absolute Gasteiger partial charge is 0.455 e. The molecule has 20 aromatic rings. The van der Waals surface area contributed by atoms with Crippen LogP contribution in [0, 0.1) is 67.2 Å². The highest BCUT2D eigenvalue weighted by molar-refractivity contribution is 6.21. The van der Waals surface area contributed by atoms with Crippen molar-refractivity contribution in [3.63, 3.8) is 0 Å². The average molecular weight is 1900 g/mol. The third-order valence-corrected chi connectivity index (χ3v) is 34.0. The summed E-state index contributed by atoms with van der Waals surface area (Å²) < 4.78 is 36.2. The lowest BCUT2D eigenvalue weighted by Crippen LogP contribution is -2.32. The van der Waals surface area contributed by atoms with Gasteiger partial charge < -0.3 is 17.7 Å². The summed E-state index contributed by atoms with van der Waals surface area (Å²) in [5.74, 6) is 3.17. The fourth-order valence-electron chi connectivity index (χ4n) is 27.4. The molecule has 0 radical (unpaired) electrons. The summed E-state index contributed by atoms with van der Waals surface area (Å²) in [5, 5.41) is 9.79. The number of aryl methyl sites for hydroxylation is 12. The first-order chi connectivity index (χ1) is 68.8. The Balaban J connectivity index is 0.000000110. The molecular formula is C135H141N5O4+4. The predicted molar refractivity (Wildman–Crippen MR) is 598 cm³/mol. The van der Waals surface area contributed by atoms with Crippen molar-refractivity contribution in [2.45, 2.75) is 250 Å². The third kappa shape index (κ3) is 14.6. The number of nitrogens with zero attached hydrogens (tertiary/aromatic N) is 5. The maximum Gasteiger partial charge on any atom is 0.216 e.